The van der Waals surface area contributed by atoms with Gasteiger partial charge in [-0.05, 0) is 12.1 Å². The van der Waals surface area contributed by atoms with Gasteiger partial charge in [0.25, 0.3) is 6.43 Å². The van der Waals surface area contributed by atoms with E-state index in [0.717, 1.165) is 19.2 Å². The third kappa shape index (κ3) is 3.13. The number of carbonyl (C=O) groups is 1. The summed E-state index contributed by atoms with van der Waals surface area (Å²) in [6.45, 7) is -3.41. The van der Waals surface area contributed by atoms with E-state index in [9.17, 15) is 22.4 Å². The third-order valence-corrected chi connectivity index (χ3v) is 2.15. The van der Waals surface area contributed by atoms with Crippen LogP contribution in [-0.4, -0.2) is 19.7 Å². The first-order valence-corrected chi connectivity index (χ1v) is 4.80. The summed E-state index contributed by atoms with van der Waals surface area (Å²) in [4.78, 5) is 11.3. The fourth-order valence-corrected chi connectivity index (χ4v) is 1.38. The second-order valence-electron chi connectivity index (χ2n) is 3.19. The van der Waals surface area contributed by atoms with E-state index in [1.165, 1.54) is 6.07 Å². The summed E-state index contributed by atoms with van der Waals surface area (Å²) in [7, 11) is 0.998. The van der Waals surface area contributed by atoms with Crippen LogP contribution in [-0.2, 0) is 4.74 Å². The molecule has 1 rings (SSSR count). The number of nitriles is 1. The molecule has 0 heterocycles. The van der Waals surface area contributed by atoms with Crippen molar-refractivity contribution in [3.63, 3.8) is 0 Å². The van der Waals surface area contributed by atoms with Crippen molar-refractivity contribution < 1.29 is 31.8 Å². The second kappa shape index (κ2) is 6.04. The summed E-state index contributed by atoms with van der Waals surface area (Å²) in [6, 6.07) is 3.01. The van der Waals surface area contributed by atoms with Crippen molar-refractivity contribution in [1.82, 2.24) is 0 Å². The lowest BCUT2D eigenvalue weighted by atomic mass is 10.0. The molecule has 19 heavy (non-hydrogen) atoms. The molecule has 1 aromatic rings. The number of alkyl halides is 4. The average Bonchev–Trinajstić information content (AvgIpc) is 2.36. The maximum absolute atomic E-state index is 12.7. The molecule has 0 bridgehead atoms. The van der Waals surface area contributed by atoms with Gasteiger partial charge >= 0.3 is 12.6 Å². The smallest absolute Gasteiger partial charge is 0.387 e. The molecule has 0 aliphatic heterocycles. The van der Waals surface area contributed by atoms with Crippen LogP contribution >= 0.6 is 0 Å². The molecule has 0 aliphatic rings. The first-order valence-electron chi connectivity index (χ1n) is 4.80. The molecule has 8 heteroatoms. The molecule has 0 spiro atoms. The number of methoxy groups -OCH3 is 1. The van der Waals surface area contributed by atoms with Crippen molar-refractivity contribution in [2.24, 2.45) is 0 Å². The second-order valence-corrected chi connectivity index (χ2v) is 3.19. The molecule has 0 saturated heterocycles. The van der Waals surface area contributed by atoms with E-state index in [1.54, 1.807) is 0 Å². The average molecular weight is 277 g/mol. The van der Waals surface area contributed by atoms with Crippen LogP contribution in [0.5, 0.6) is 5.75 Å². The zero-order valence-electron chi connectivity index (χ0n) is 9.49. The van der Waals surface area contributed by atoms with Crippen molar-refractivity contribution in [1.29, 1.82) is 5.26 Å². The molecule has 0 radical (unpaired) electrons. The normalized spacial score (nSPS) is 10.4. The molecule has 0 atom stereocenters. The van der Waals surface area contributed by atoms with E-state index < -0.39 is 41.4 Å². The van der Waals surface area contributed by atoms with Gasteiger partial charge in [0.2, 0.25) is 0 Å². The van der Waals surface area contributed by atoms with Crippen LogP contribution in [0.1, 0.15) is 27.9 Å². The first kappa shape index (κ1) is 14.8. The Morgan fingerprint density at radius 1 is 1.32 bits per heavy atom. The summed E-state index contributed by atoms with van der Waals surface area (Å²) >= 11 is 0. The van der Waals surface area contributed by atoms with Gasteiger partial charge in [-0.15, -0.1) is 0 Å². The SMILES string of the molecule is COC(=O)c1ccc(C(F)F)c(OC(F)F)c1C#N. The van der Waals surface area contributed by atoms with Gasteiger partial charge in [-0.25, -0.2) is 13.6 Å². The summed E-state index contributed by atoms with van der Waals surface area (Å²) in [5, 5.41) is 8.84. The molecule has 0 amide bonds. The van der Waals surface area contributed by atoms with Crippen molar-refractivity contribution >= 4 is 5.97 Å². The lowest BCUT2D eigenvalue weighted by Crippen LogP contribution is -2.11. The number of halogens is 4. The topological polar surface area (TPSA) is 59.3 Å². The van der Waals surface area contributed by atoms with Crippen molar-refractivity contribution in [2.75, 3.05) is 7.11 Å². The Morgan fingerprint density at radius 3 is 2.37 bits per heavy atom. The number of hydrogen-bond donors (Lipinski definition) is 0. The van der Waals surface area contributed by atoms with Crippen LogP contribution in [0.3, 0.4) is 0 Å². The molecule has 4 nitrogen and oxygen atoms in total. The number of nitrogens with zero attached hydrogens (tertiary/aromatic N) is 1. The highest BCUT2D eigenvalue weighted by atomic mass is 19.3. The first-order chi connectivity index (χ1) is 8.92. The van der Waals surface area contributed by atoms with Crippen molar-refractivity contribution in [2.45, 2.75) is 13.0 Å². The Balaban J connectivity index is 3.50. The maximum atomic E-state index is 12.7. The Labute approximate surface area is 105 Å². The summed E-state index contributed by atoms with van der Waals surface area (Å²) in [5.74, 6) is -2.04. The van der Waals surface area contributed by atoms with E-state index in [1.807, 2.05) is 0 Å². The van der Waals surface area contributed by atoms with Gasteiger partial charge in [-0.1, -0.05) is 0 Å². The Hall–Kier alpha value is -2.30. The molecule has 0 saturated carbocycles. The molecular weight excluding hydrogens is 270 g/mol. The van der Waals surface area contributed by atoms with Crippen LogP contribution in [0.25, 0.3) is 0 Å². The minimum Gasteiger partial charge on any atom is -0.465 e. The highest BCUT2D eigenvalue weighted by Gasteiger charge is 2.25. The Morgan fingerprint density at radius 2 is 1.95 bits per heavy atom. The van der Waals surface area contributed by atoms with Crippen LogP contribution < -0.4 is 4.74 Å². The number of carbonyl (C=O) groups excluding carboxylic acids is 1. The molecule has 0 N–H and O–H groups in total. The Bertz CT molecular complexity index is 525. The zero-order chi connectivity index (χ0) is 14.6. The summed E-state index contributed by atoms with van der Waals surface area (Å²) in [6.07, 6.45) is -3.13. The summed E-state index contributed by atoms with van der Waals surface area (Å²) in [5.41, 5.74) is -2.04. The minimum absolute atomic E-state index is 0.426. The van der Waals surface area contributed by atoms with Gasteiger partial charge in [-0.2, -0.15) is 14.0 Å². The monoisotopic (exact) mass is 277 g/mol. The third-order valence-electron chi connectivity index (χ3n) is 2.15. The zero-order valence-corrected chi connectivity index (χ0v) is 9.49. The number of esters is 1. The molecule has 0 aliphatic carbocycles. The van der Waals surface area contributed by atoms with Crippen molar-refractivity contribution in [3.8, 4) is 11.8 Å². The predicted octanol–water partition coefficient (Wildman–Crippen LogP) is 2.88. The molecule has 0 unspecified atom stereocenters. The van der Waals surface area contributed by atoms with Crippen LogP contribution in [0.2, 0.25) is 0 Å². The standard InChI is InChI=1S/C11H7F4NO3/c1-18-10(17)5-2-3-6(9(12)13)8(7(5)4-16)19-11(14)15/h2-3,9,11H,1H3. The lowest BCUT2D eigenvalue weighted by molar-refractivity contribution is -0.0522. The van der Waals surface area contributed by atoms with Gasteiger partial charge < -0.3 is 9.47 Å². The lowest BCUT2D eigenvalue weighted by Gasteiger charge is -2.13. The van der Waals surface area contributed by atoms with Crippen molar-refractivity contribution in [3.05, 3.63) is 28.8 Å². The fraction of sp³-hybridized carbons (Fsp3) is 0.273. The van der Waals surface area contributed by atoms with E-state index in [0.29, 0.717) is 0 Å². The molecule has 0 aromatic heterocycles. The minimum atomic E-state index is -3.41. The quantitative estimate of drug-likeness (QED) is 0.627. The highest BCUT2D eigenvalue weighted by molar-refractivity contribution is 5.93. The van der Waals surface area contributed by atoms with E-state index in [4.69, 9.17) is 5.26 Å². The van der Waals surface area contributed by atoms with Crippen LogP contribution in [0, 0.1) is 11.3 Å². The molecule has 0 fully saturated rings. The highest BCUT2D eigenvalue weighted by Crippen LogP contribution is 2.35. The maximum Gasteiger partial charge on any atom is 0.387 e. The number of benzene rings is 1. The number of rotatable bonds is 4. The van der Waals surface area contributed by atoms with Crippen LogP contribution in [0.15, 0.2) is 12.1 Å². The van der Waals surface area contributed by atoms with E-state index in [2.05, 4.69) is 9.47 Å². The number of ether oxygens (including phenoxy) is 2. The summed E-state index contributed by atoms with van der Waals surface area (Å²) < 4.78 is 58.0. The van der Waals surface area contributed by atoms with Gasteiger partial charge in [-0.3, -0.25) is 0 Å². The van der Waals surface area contributed by atoms with Gasteiger partial charge in [0, 0.05) is 0 Å². The van der Waals surface area contributed by atoms with Gasteiger partial charge in [0.1, 0.15) is 11.6 Å². The van der Waals surface area contributed by atoms with Crippen LogP contribution in [0.4, 0.5) is 17.6 Å². The van der Waals surface area contributed by atoms with E-state index in [-0.39, 0.29) is 0 Å². The molecule has 1 aromatic carbocycles. The Kier molecular flexibility index (Phi) is 4.69. The molecular formula is C11H7F4NO3. The van der Waals surface area contributed by atoms with Gasteiger partial charge in [0.05, 0.1) is 18.2 Å². The van der Waals surface area contributed by atoms with Gasteiger partial charge in [0.15, 0.2) is 5.75 Å². The molecule has 102 valence electrons. The number of hydrogen-bond acceptors (Lipinski definition) is 4. The van der Waals surface area contributed by atoms with E-state index >= 15 is 0 Å². The predicted molar refractivity (Wildman–Crippen MR) is 54.1 cm³/mol. The fourth-order valence-electron chi connectivity index (χ4n) is 1.38. The largest absolute Gasteiger partial charge is 0.465 e.